The number of nitrogens with zero attached hydrogens (tertiary/aromatic N) is 3. The van der Waals surface area contributed by atoms with Crippen molar-refractivity contribution in [2.75, 3.05) is 7.05 Å². The number of aromatic nitrogens is 3. The predicted octanol–water partition coefficient (Wildman–Crippen LogP) is 2.72. The minimum Gasteiger partial charge on any atom is -0.314 e. The molecule has 4 nitrogen and oxygen atoms in total. The first-order valence-corrected chi connectivity index (χ1v) is 7.62. The van der Waals surface area contributed by atoms with Crippen LogP contribution in [-0.2, 0) is 6.54 Å². The molecule has 0 aliphatic rings. The van der Waals surface area contributed by atoms with Gasteiger partial charge in [0.1, 0.15) is 5.03 Å². The van der Waals surface area contributed by atoms with Gasteiger partial charge < -0.3 is 5.32 Å². The number of imidazole rings is 1. The first-order valence-electron chi connectivity index (χ1n) is 5.05. The first kappa shape index (κ1) is 11.2. The van der Waals surface area contributed by atoms with Gasteiger partial charge in [0.15, 0.2) is 9.30 Å². The molecule has 88 valence electrons. The molecule has 3 aromatic rings. The van der Waals surface area contributed by atoms with Gasteiger partial charge in [-0.1, -0.05) is 0 Å². The molecule has 0 aromatic carbocycles. The quantitative estimate of drug-likeness (QED) is 0.799. The standard InChI is InChI=1S/C10H10N4S3/c1-11-6-7-8(17-10-12-2-4-16-10)13-9-14(7)3-5-15-9/h2-5,11H,6H2,1H3. The van der Waals surface area contributed by atoms with E-state index in [9.17, 15) is 0 Å². The Bertz CT molecular complexity index is 611. The maximum absolute atomic E-state index is 4.64. The van der Waals surface area contributed by atoms with Gasteiger partial charge in [0, 0.05) is 29.7 Å². The average Bonchev–Trinajstić information content (AvgIpc) is 2.99. The van der Waals surface area contributed by atoms with E-state index in [1.807, 2.05) is 18.6 Å². The molecule has 0 aliphatic carbocycles. The average molecular weight is 282 g/mol. The van der Waals surface area contributed by atoms with Gasteiger partial charge in [-0.05, 0) is 18.8 Å². The van der Waals surface area contributed by atoms with Crippen molar-refractivity contribution in [3.8, 4) is 0 Å². The van der Waals surface area contributed by atoms with E-state index in [-0.39, 0.29) is 0 Å². The molecule has 0 radical (unpaired) electrons. The Hall–Kier alpha value is -0.890. The smallest absolute Gasteiger partial charge is 0.194 e. The van der Waals surface area contributed by atoms with Crippen molar-refractivity contribution < 1.29 is 0 Å². The summed E-state index contributed by atoms with van der Waals surface area (Å²) in [5, 5.41) is 8.27. The number of rotatable bonds is 4. The van der Waals surface area contributed by atoms with E-state index in [1.165, 1.54) is 5.69 Å². The van der Waals surface area contributed by atoms with Gasteiger partial charge in [0.2, 0.25) is 0 Å². The van der Waals surface area contributed by atoms with Crippen molar-refractivity contribution in [3.05, 3.63) is 28.8 Å². The van der Waals surface area contributed by atoms with E-state index in [4.69, 9.17) is 0 Å². The minimum absolute atomic E-state index is 0.811. The zero-order valence-electron chi connectivity index (χ0n) is 9.08. The molecule has 3 aromatic heterocycles. The maximum atomic E-state index is 4.64. The molecular formula is C10H10N4S3. The second-order valence-electron chi connectivity index (χ2n) is 3.35. The van der Waals surface area contributed by atoms with Crippen molar-refractivity contribution >= 4 is 39.4 Å². The van der Waals surface area contributed by atoms with Crippen LogP contribution in [0.1, 0.15) is 5.69 Å². The fourth-order valence-corrected chi connectivity index (χ4v) is 4.01. The molecule has 17 heavy (non-hydrogen) atoms. The van der Waals surface area contributed by atoms with E-state index >= 15 is 0 Å². The van der Waals surface area contributed by atoms with Gasteiger partial charge in [-0.15, -0.1) is 22.7 Å². The lowest BCUT2D eigenvalue weighted by molar-refractivity contribution is 0.765. The molecule has 3 heterocycles. The normalized spacial score (nSPS) is 11.4. The van der Waals surface area contributed by atoms with Gasteiger partial charge in [0.25, 0.3) is 0 Å². The van der Waals surface area contributed by atoms with Gasteiger partial charge >= 0.3 is 0 Å². The van der Waals surface area contributed by atoms with E-state index in [1.54, 1.807) is 34.4 Å². The summed E-state index contributed by atoms with van der Waals surface area (Å²) in [7, 11) is 1.95. The number of fused-ring (bicyclic) bond motifs is 1. The molecule has 0 spiro atoms. The molecule has 0 bridgehead atoms. The van der Waals surface area contributed by atoms with Crippen LogP contribution in [0.2, 0.25) is 0 Å². The van der Waals surface area contributed by atoms with Crippen molar-refractivity contribution in [2.45, 2.75) is 15.9 Å². The number of nitrogens with one attached hydrogen (secondary N) is 1. The lowest BCUT2D eigenvalue weighted by atomic mass is 10.5. The summed E-state index contributed by atoms with van der Waals surface area (Å²) in [6, 6.07) is 0. The second kappa shape index (κ2) is 4.77. The molecule has 1 N–H and O–H groups in total. The van der Waals surface area contributed by atoms with Gasteiger partial charge in [0.05, 0.1) is 5.69 Å². The largest absolute Gasteiger partial charge is 0.314 e. The van der Waals surface area contributed by atoms with Crippen LogP contribution in [0.4, 0.5) is 0 Å². The highest BCUT2D eigenvalue weighted by molar-refractivity contribution is 8.01. The van der Waals surface area contributed by atoms with Crippen LogP contribution in [-0.4, -0.2) is 21.4 Å². The van der Waals surface area contributed by atoms with E-state index in [0.29, 0.717) is 0 Å². The predicted molar refractivity (Wildman–Crippen MR) is 72.1 cm³/mol. The monoisotopic (exact) mass is 282 g/mol. The molecule has 0 unspecified atom stereocenters. The second-order valence-corrected chi connectivity index (χ2v) is 6.35. The molecule has 0 fully saturated rings. The van der Waals surface area contributed by atoms with Gasteiger partial charge in [-0.25, -0.2) is 9.97 Å². The van der Waals surface area contributed by atoms with Crippen LogP contribution in [0.15, 0.2) is 32.5 Å². The fraction of sp³-hybridized carbons (Fsp3) is 0.200. The number of thiazole rings is 2. The van der Waals surface area contributed by atoms with Gasteiger partial charge in [-0.3, -0.25) is 4.40 Å². The lowest BCUT2D eigenvalue weighted by Gasteiger charge is -2.00. The Morgan fingerprint density at radius 3 is 3.12 bits per heavy atom. The highest BCUT2D eigenvalue weighted by Gasteiger charge is 2.14. The topological polar surface area (TPSA) is 42.2 Å². The summed E-state index contributed by atoms with van der Waals surface area (Å²) in [6.07, 6.45) is 3.88. The third kappa shape index (κ3) is 2.11. The van der Waals surface area contributed by atoms with Crippen molar-refractivity contribution in [2.24, 2.45) is 0 Å². The summed E-state index contributed by atoms with van der Waals surface area (Å²) in [5.41, 5.74) is 1.20. The van der Waals surface area contributed by atoms with E-state index < -0.39 is 0 Å². The maximum Gasteiger partial charge on any atom is 0.194 e. The molecule has 0 atom stereocenters. The first-order chi connectivity index (χ1) is 8.38. The zero-order valence-corrected chi connectivity index (χ0v) is 11.5. The molecular weight excluding hydrogens is 272 g/mol. The third-order valence-electron chi connectivity index (χ3n) is 2.26. The molecule has 0 saturated carbocycles. The Kier molecular flexibility index (Phi) is 3.15. The summed E-state index contributed by atoms with van der Waals surface area (Å²) in [6.45, 7) is 0.811. The Morgan fingerprint density at radius 2 is 2.35 bits per heavy atom. The molecule has 0 saturated heterocycles. The highest BCUT2D eigenvalue weighted by Crippen LogP contribution is 2.32. The molecule has 0 aliphatic heterocycles. The van der Waals surface area contributed by atoms with Crippen LogP contribution in [0.5, 0.6) is 0 Å². The summed E-state index contributed by atoms with van der Waals surface area (Å²) < 4.78 is 3.17. The third-order valence-corrected chi connectivity index (χ3v) is 4.92. The number of hydrogen-bond donors (Lipinski definition) is 1. The fourth-order valence-electron chi connectivity index (χ4n) is 1.57. The minimum atomic E-state index is 0.811. The SMILES string of the molecule is CNCc1c(Sc2nccs2)nc2sccn12. The Morgan fingerprint density at radius 1 is 1.41 bits per heavy atom. The lowest BCUT2D eigenvalue weighted by Crippen LogP contribution is -2.07. The summed E-state index contributed by atoms with van der Waals surface area (Å²) in [4.78, 5) is 9.96. The van der Waals surface area contributed by atoms with Gasteiger partial charge in [-0.2, -0.15) is 0 Å². The highest BCUT2D eigenvalue weighted by atomic mass is 32.2. The van der Waals surface area contributed by atoms with Crippen LogP contribution in [0.25, 0.3) is 4.96 Å². The molecule has 0 amide bonds. The van der Waals surface area contributed by atoms with E-state index in [0.717, 1.165) is 20.9 Å². The molecule has 3 rings (SSSR count). The summed E-state index contributed by atoms with van der Waals surface area (Å²) >= 11 is 4.93. The zero-order chi connectivity index (χ0) is 11.7. The Labute approximate surface area is 111 Å². The van der Waals surface area contributed by atoms with Crippen molar-refractivity contribution in [3.63, 3.8) is 0 Å². The van der Waals surface area contributed by atoms with Crippen LogP contribution < -0.4 is 5.32 Å². The van der Waals surface area contributed by atoms with Crippen molar-refractivity contribution in [1.82, 2.24) is 19.7 Å². The van der Waals surface area contributed by atoms with Crippen LogP contribution in [0, 0.1) is 0 Å². The van der Waals surface area contributed by atoms with Crippen LogP contribution in [0.3, 0.4) is 0 Å². The Balaban J connectivity index is 2.02. The summed E-state index contributed by atoms with van der Waals surface area (Å²) in [5.74, 6) is 0. The van der Waals surface area contributed by atoms with Crippen LogP contribution >= 0.6 is 34.4 Å². The molecule has 7 heteroatoms. The van der Waals surface area contributed by atoms with E-state index in [2.05, 4.69) is 31.3 Å². The number of hydrogen-bond acceptors (Lipinski definition) is 6. The van der Waals surface area contributed by atoms with Crippen molar-refractivity contribution in [1.29, 1.82) is 0 Å².